The Morgan fingerprint density at radius 3 is 2.58 bits per heavy atom. The maximum absolute atomic E-state index is 12.4. The van der Waals surface area contributed by atoms with Gasteiger partial charge in [0.15, 0.2) is 6.29 Å². The summed E-state index contributed by atoms with van der Waals surface area (Å²) >= 11 is 0. The molecule has 0 spiro atoms. The van der Waals surface area contributed by atoms with Gasteiger partial charge in [-0.3, -0.25) is 19.6 Å². The van der Waals surface area contributed by atoms with Crippen LogP contribution >= 0.6 is 0 Å². The minimum Gasteiger partial charge on any atom is -0.508 e. The van der Waals surface area contributed by atoms with Crippen molar-refractivity contribution in [1.82, 2.24) is 14.9 Å². The van der Waals surface area contributed by atoms with E-state index in [4.69, 9.17) is 13.9 Å². The molecule has 0 bridgehead atoms. The van der Waals surface area contributed by atoms with Crippen molar-refractivity contribution in [2.24, 2.45) is 0 Å². The van der Waals surface area contributed by atoms with E-state index in [1.165, 1.54) is 37.7 Å². The standard InChI is InChI=1S/C18H14N2O5.C9H9NO3/c1-24-18(23)14-6-12(21)4-11-5-13(25-16(11)14)9-20-8-10-2-3-19-7-15(10)17(20)22;1-2-13-9(12)8-5-10-4-3-7(8)6-11/h2-7,21H,8-9H2,1H3;3-6H,2H2,1H3. The first-order valence-electron chi connectivity index (χ1n) is 11.5. The maximum atomic E-state index is 12.4. The quantitative estimate of drug-likeness (QED) is 0.297. The molecule has 1 aromatic carbocycles. The number of aromatic hydroxyl groups is 1. The Balaban J connectivity index is 0.000000219. The van der Waals surface area contributed by atoms with Gasteiger partial charge in [-0.1, -0.05) is 0 Å². The Labute approximate surface area is 216 Å². The number of phenols is 1. The Morgan fingerprint density at radius 2 is 1.87 bits per heavy atom. The van der Waals surface area contributed by atoms with Crippen LogP contribution in [-0.2, 0) is 22.6 Å². The molecule has 3 aromatic heterocycles. The van der Waals surface area contributed by atoms with E-state index in [0.29, 0.717) is 40.7 Å². The molecule has 4 heterocycles. The molecule has 1 amide bonds. The van der Waals surface area contributed by atoms with Crippen molar-refractivity contribution in [3.05, 3.63) is 88.7 Å². The number of pyridine rings is 2. The van der Waals surface area contributed by atoms with Crippen LogP contribution in [0.15, 0.2) is 59.5 Å². The second-order valence-electron chi connectivity index (χ2n) is 8.11. The number of hydrogen-bond acceptors (Lipinski definition) is 10. The number of rotatable bonds is 6. The molecule has 11 heteroatoms. The fraction of sp³-hybridized carbons (Fsp3) is 0.185. The number of aldehydes is 1. The monoisotopic (exact) mass is 517 g/mol. The molecule has 0 unspecified atom stereocenters. The lowest BCUT2D eigenvalue weighted by Crippen LogP contribution is -2.22. The first kappa shape index (κ1) is 26.0. The second-order valence-corrected chi connectivity index (χ2v) is 8.11. The summed E-state index contributed by atoms with van der Waals surface area (Å²) in [5, 5.41) is 10.4. The number of furan rings is 1. The van der Waals surface area contributed by atoms with Gasteiger partial charge >= 0.3 is 11.9 Å². The van der Waals surface area contributed by atoms with Gasteiger partial charge in [-0.15, -0.1) is 0 Å². The smallest absolute Gasteiger partial charge is 0.341 e. The molecular formula is C27H23N3O8. The highest BCUT2D eigenvalue weighted by atomic mass is 16.5. The van der Waals surface area contributed by atoms with Gasteiger partial charge in [0.1, 0.15) is 22.7 Å². The highest BCUT2D eigenvalue weighted by Crippen LogP contribution is 2.30. The Kier molecular flexibility index (Phi) is 7.76. The zero-order valence-electron chi connectivity index (χ0n) is 20.5. The highest BCUT2D eigenvalue weighted by Gasteiger charge is 2.28. The van der Waals surface area contributed by atoms with Gasteiger partial charge in [-0.05, 0) is 42.8 Å². The molecule has 4 aromatic rings. The highest BCUT2D eigenvalue weighted by molar-refractivity contribution is 6.03. The van der Waals surface area contributed by atoms with Crippen LogP contribution in [0.25, 0.3) is 11.0 Å². The molecule has 1 aliphatic rings. The third kappa shape index (κ3) is 5.36. The number of benzene rings is 1. The lowest BCUT2D eigenvalue weighted by atomic mass is 10.1. The molecule has 1 aliphatic heterocycles. The minimum absolute atomic E-state index is 0.0593. The van der Waals surface area contributed by atoms with Crippen molar-refractivity contribution in [2.75, 3.05) is 13.7 Å². The average Bonchev–Trinajstić information content (AvgIpc) is 3.48. The lowest BCUT2D eigenvalue weighted by molar-refractivity contribution is 0.0522. The zero-order valence-corrected chi connectivity index (χ0v) is 20.5. The number of aromatic nitrogens is 2. The number of esters is 2. The first-order chi connectivity index (χ1) is 18.4. The minimum atomic E-state index is -0.600. The number of carbonyl (C=O) groups excluding carboxylic acids is 4. The largest absolute Gasteiger partial charge is 0.508 e. The van der Waals surface area contributed by atoms with E-state index in [2.05, 4.69) is 9.97 Å². The van der Waals surface area contributed by atoms with Crippen LogP contribution in [0.1, 0.15) is 59.7 Å². The number of hydrogen-bond donors (Lipinski definition) is 1. The normalized spacial score (nSPS) is 11.9. The third-order valence-electron chi connectivity index (χ3n) is 5.67. The van der Waals surface area contributed by atoms with Gasteiger partial charge in [-0.2, -0.15) is 0 Å². The second kappa shape index (κ2) is 11.3. The Morgan fingerprint density at radius 1 is 1.11 bits per heavy atom. The molecule has 194 valence electrons. The summed E-state index contributed by atoms with van der Waals surface area (Å²) < 4.78 is 15.2. The summed E-state index contributed by atoms with van der Waals surface area (Å²) in [6.07, 6.45) is 6.59. The summed E-state index contributed by atoms with van der Waals surface area (Å²) in [6.45, 7) is 2.72. The number of amides is 1. The van der Waals surface area contributed by atoms with Crippen LogP contribution in [0.3, 0.4) is 0 Å². The van der Waals surface area contributed by atoms with Crippen LogP contribution < -0.4 is 0 Å². The Bertz CT molecular complexity index is 1530. The van der Waals surface area contributed by atoms with E-state index >= 15 is 0 Å². The number of carbonyl (C=O) groups is 4. The van der Waals surface area contributed by atoms with Crippen molar-refractivity contribution in [1.29, 1.82) is 0 Å². The van der Waals surface area contributed by atoms with Crippen molar-refractivity contribution in [3.63, 3.8) is 0 Å². The van der Waals surface area contributed by atoms with E-state index in [1.54, 1.807) is 30.3 Å². The third-order valence-corrected chi connectivity index (χ3v) is 5.67. The van der Waals surface area contributed by atoms with Gasteiger partial charge in [0.05, 0.1) is 31.4 Å². The summed E-state index contributed by atoms with van der Waals surface area (Å²) in [7, 11) is 1.26. The van der Waals surface area contributed by atoms with Gasteiger partial charge in [0.25, 0.3) is 5.91 Å². The summed E-state index contributed by atoms with van der Waals surface area (Å²) in [5.74, 6) is -0.773. The lowest BCUT2D eigenvalue weighted by Gasteiger charge is -2.13. The summed E-state index contributed by atoms with van der Waals surface area (Å²) in [4.78, 5) is 55.4. The number of methoxy groups -OCH3 is 1. The van der Waals surface area contributed by atoms with E-state index < -0.39 is 11.9 Å². The van der Waals surface area contributed by atoms with Gasteiger partial charge in [0, 0.05) is 42.3 Å². The van der Waals surface area contributed by atoms with E-state index in [-0.39, 0.29) is 35.9 Å². The molecule has 0 saturated carbocycles. The fourth-order valence-corrected chi connectivity index (χ4v) is 3.93. The molecule has 1 N–H and O–H groups in total. The van der Waals surface area contributed by atoms with E-state index in [0.717, 1.165) is 5.56 Å². The Hall–Kier alpha value is -5.06. The molecule has 0 saturated heterocycles. The van der Waals surface area contributed by atoms with E-state index in [9.17, 15) is 24.3 Å². The zero-order chi connectivity index (χ0) is 27.2. The van der Waals surface area contributed by atoms with Crippen molar-refractivity contribution >= 4 is 35.1 Å². The molecule has 38 heavy (non-hydrogen) atoms. The van der Waals surface area contributed by atoms with Crippen LogP contribution in [0.5, 0.6) is 5.75 Å². The predicted molar refractivity (Wildman–Crippen MR) is 133 cm³/mol. The summed E-state index contributed by atoms with van der Waals surface area (Å²) in [6, 6.07) is 7.79. The number of nitrogens with zero attached hydrogens (tertiary/aromatic N) is 3. The van der Waals surface area contributed by atoms with Gasteiger partial charge < -0.3 is 23.9 Å². The molecular weight excluding hydrogens is 494 g/mol. The van der Waals surface area contributed by atoms with E-state index in [1.807, 2.05) is 6.07 Å². The number of ether oxygens (including phenoxy) is 2. The average molecular weight is 517 g/mol. The SMILES string of the molecule is CCOC(=O)c1cnccc1C=O.COC(=O)c1cc(O)cc2cc(CN3Cc4ccncc4C3=O)oc12. The molecule has 0 aliphatic carbocycles. The van der Waals surface area contributed by atoms with Crippen LogP contribution in [0, 0.1) is 0 Å². The molecule has 5 rings (SSSR count). The summed E-state index contributed by atoms with van der Waals surface area (Å²) in [5.41, 5.74) is 2.48. The number of phenolic OH excluding ortho intramolecular Hbond substituents is 1. The van der Waals surface area contributed by atoms with Crippen molar-refractivity contribution < 1.29 is 38.2 Å². The van der Waals surface area contributed by atoms with Crippen LogP contribution in [0.4, 0.5) is 0 Å². The van der Waals surface area contributed by atoms with Crippen LogP contribution in [-0.4, -0.2) is 57.8 Å². The predicted octanol–water partition coefficient (Wildman–Crippen LogP) is 3.55. The maximum Gasteiger partial charge on any atom is 0.341 e. The topological polar surface area (TPSA) is 149 Å². The van der Waals surface area contributed by atoms with Gasteiger partial charge in [-0.25, -0.2) is 9.59 Å². The molecule has 0 radical (unpaired) electrons. The molecule has 0 atom stereocenters. The molecule has 11 nitrogen and oxygen atoms in total. The van der Waals surface area contributed by atoms with Crippen molar-refractivity contribution in [2.45, 2.75) is 20.0 Å². The van der Waals surface area contributed by atoms with Crippen molar-refractivity contribution in [3.8, 4) is 5.75 Å². The van der Waals surface area contributed by atoms with Crippen LogP contribution in [0.2, 0.25) is 0 Å². The molecule has 0 fully saturated rings. The first-order valence-corrected chi connectivity index (χ1v) is 11.5. The fourth-order valence-electron chi connectivity index (χ4n) is 3.93. The van der Waals surface area contributed by atoms with Gasteiger partial charge in [0.2, 0.25) is 0 Å². The number of fused-ring (bicyclic) bond motifs is 2.